The molecule has 132 valence electrons. The van der Waals surface area contributed by atoms with Crippen molar-refractivity contribution in [1.29, 1.82) is 0 Å². The lowest BCUT2D eigenvalue weighted by molar-refractivity contribution is -0.139. The Kier molecular flexibility index (Phi) is 6.59. The predicted octanol–water partition coefficient (Wildman–Crippen LogP) is 2.81. The Hall–Kier alpha value is -2.33. The SMILES string of the molecule is CCc1nc(S/C(=C/c2ccc(OCC(=O)O)c(Br)c2)C(=O)O)n[nH]1. The molecule has 2 rings (SSSR count). The van der Waals surface area contributed by atoms with E-state index in [2.05, 4.69) is 31.1 Å². The van der Waals surface area contributed by atoms with Crippen LogP contribution in [-0.4, -0.2) is 43.9 Å². The van der Waals surface area contributed by atoms with E-state index >= 15 is 0 Å². The molecule has 3 N–H and O–H groups in total. The second-order valence-corrected chi connectivity index (χ2v) is 6.57. The fourth-order valence-electron chi connectivity index (χ4n) is 1.73. The maximum Gasteiger partial charge on any atom is 0.342 e. The number of nitrogens with one attached hydrogen (secondary N) is 1. The summed E-state index contributed by atoms with van der Waals surface area (Å²) in [6, 6.07) is 4.82. The second-order valence-electron chi connectivity index (χ2n) is 4.71. The quantitative estimate of drug-likeness (QED) is 0.433. The van der Waals surface area contributed by atoms with Gasteiger partial charge in [-0.2, -0.15) is 0 Å². The molecule has 25 heavy (non-hydrogen) atoms. The van der Waals surface area contributed by atoms with Gasteiger partial charge in [-0.3, -0.25) is 5.10 Å². The number of rotatable bonds is 8. The Morgan fingerprint density at radius 3 is 2.72 bits per heavy atom. The summed E-state index contributed by atoms with van der Waals surface area (Å²) in [5, 5.41) is 25.0. The van der Waals surface area contributed by atoms with E-state index in [1.165, 1.54) is 6.08 Å². The number of carbonyl (C=O) groups is 2. The number of carboxylic acids is 2. The van der Waals surface area contributed by atoms with E-state index in [9.17, 15) is 14.7 Å². The van der Waals surface area contributed by atoms with Gasteiger partial charge in [0.15, 0.2) is 6.61 Å². The number of halogens is 1. The van der Waals surface area contributed by atoms with Gasteiger partial charge >= 0.3 is 11.9 Å². The summed E-state index contributed by atoms with van der Waals surface area (Å²) >= 11 is 4.21. The molecule has 0 spiro atoms. The Labute approximate surface area is 155 Å². The van der Waals surface area contributed by atoms with Gasteiger partial charge < -0.3 is 14.9 Å². The van der Waals surface area contributed by atoms with Gasteiger partial charge in [-0.15, -0.1) is 5.10 Å². The van der Waals surface area contributed by atoms with Gasteiger partial charge in [-0.1, -0.05) is 13.0 Å². The molecule has 0 radical (unpaired) electrons. The summed E-state index contributed by atoms with van der Waals surface area (Å²) in [5.74, 6) is -1.16. The second kappa shape index (κ2) is 8.67. The van der Waals surface area contributed by atoms with Crippen molar-refractivity contribution in [2.45, 2.75) is 18.5 Å². The van der Waals surface area contributed by atoms with Gasteiger partial charge in [0.05, 0.1) is 4.47 Å². The van der Waals surface area contributed by atoms with Crippen molar-refractivity contribution in [2.75, 3.05) is 6.61 Å². The molecule has 1 aromatic heterocycles. The molecule has 0 aliphatic rings. The minimum absolute atomic E-state index is 0.0488. The number of hydrogen-bond donors (Lipinski definition) is 3. The standard InChI is InChI=1S/C15H14BrN3O5S/c1-2-12-17-15(19-18-12)25-11(14(22)23)6-8-3-4-10(9(16)5-8)24-7-13(20)21/h3-6H,2,7H2,1H3,(H,20,21)(H,22,23)(H,17,18,19)/b11-6+. The van der Waals surface area contributed by atoms with Crippen molar-refractivity contribution in [3.63, 3.8) is 0 Å². The van der Waals surface area contributed by atoms with Crippen LogP contribution in [-0.2, 0) is 16.0 Å². The zero-order valence-corrected chi connectivity index (χ0v) is 15.4. The first kappa shape index (κ1) is 19.0. The molecule has 0 saturated carbocycles. The van der Waals surface area contributed by atoms with Crippen molar-refractivity contribution < 1.29 is 24.5 Å². The fourth-order valence-corrected chi connectivity index (χ4v) is 2.97. The number of H-pyrrole nitrogens is 1. The predicted molar refractivity (Wildman–Crippen MR) is 94.5 cm³/mol. The molecule has 0 fully saturated rings. The van der Waals surface area contributed by atoms with Gasteiger partial charge in [0.2, 0.25) is 5.16 Å². The molecular weight excluding hydrogens is 414 g/mol. The summed E-state index contributed by atoms with van der Waals surface area (Å²) < 4.78 is 5.62. The third-order valence-electron chi connectivity index (χ3n) is 2.86. The topological polar surface area (TPSA) is 125 Å². The van der Waals surface area contributed by atoms with Crippen LogP contribution in [0.1, 0.15) is 18.3 Å². The summed E-state index contributed by atoms with van der Waals surface area (Å²) in [7, 11) is 0. The fraction of sp³-hybridized carbons (Fsp3) is 0.200. The highest BCUT2D eigenvalue weighted by molar-refractivity contribution is 9.10. The van der Waals surface area contributed by atoms with E-state index in [0.717, 1.165) is 11.8 Å². The summed E-state index contributed by atoms with van der Waals surface area (Å²) in [6.45, 7) is 1.45. The third kappa shape index (κ3) is 5.61. The van der Waals surface area contributed by atoms with E-state index < -0.39 is 18.5 Å². The van der Waals surface area contributed by atoms with Crippen LogP contribution in [0.25, 0.3) is 6.08 Å². The molecule has 1 heterocycles. The first-order valence-corrected chi connectivity index (χ1v) is 8.68. The number of benzene rings is 1. The number of aromatic nitrogens is 3. The molecule has 10 heteroatoms. The Balaban J connectivity index is 2.20. The van der Waals surface area contributed by atoms with Crippen LogP contribution in [0, 0.1) is 0 Å². The van der Waals surface area contributed by atoms with E-state index in [1.54, 1.807) is 18.2 Å². The largest absolute Gasteiger partial charge is 0.481 e. The zero-order valence-electron chi connectivity index (χ0n) is 13.0. The number of hydrogen-bond acceptors (Lipinski definition) is 6. The molecule has 0 aliphatic heterocycles. The molecule has 0 atom stereocenters. The van der Waals surface area contributed by atoms with Crippen molar-refractivity contribution >= 4 is 45.7 Å². The van der Waals surface area contributed by atoms with Gasteiger partial charge in [0, 0.05) is 6.42 Å². The molecular formula is C15H14BrN3O5S. The van der Waals surface area contributed by atoms with Gasteiger partial charge in [-0.05, 0) is 51.5 Å². The van der Waals surface area contributed by atoms with E-state index in [1.807, 2.05) is 6.92 Å². The normalized spacial score (nSPS) is 11.4. The average Bonchev–Trinajstić information content (AvgIpc) is 3.01. The van der Waals surface area contributed by atoms with Crippen molar-refractivity contribution in [3.8, 4) is 5.75 Å². The Bertz CT molecular complexity index is 821. The Morgan fingerprint density at radius 1 is 1.40 bits per heavy atom. The lowest BCUT2D eigenvalue weighted by atomic mass is 10.2. The molecule has 0 bridgehead atoms. The van der Waals surface area contributed by atoms with Crippen molar-refractivity contribution in [2.24, 2.45) is 0 Å². The number of carboxylic acid groups (broad SMARTS) is 2. The summed E-state index contributed by atoms with van der Waals surface area (Å²) in [5.41, 5.74) is 0.603. The van der Waals surface area contributed by atoms with Gasteiger partial charge in [0.25, 0.3) is 0 Å². The smallest absolute Gasteiger partial charge is 0.342 e. The summed E-state index contributed by atoms with van der Waals surface area (Å²) in [4.78, 5) is 26.2. The van der Waals surface area contributed by atoms with Crippen LogP contribution in [0.3, 0.4) is 0 Å². The van der Waals surface area contributed by atoms with Crippen molar-refractivity contribution in [3.05, 3.63) is 39.0 Å². The number of aromatic amines is 1. The summed E-state index contributed by atoms with van der Waals surface area (Å²) in [6.07, 6.45) is 2.14. The molecule has 1 aromatic carbocycles. The monoisotopic (exact) mass is 427 g/mol. The maximum absolute atomic E-state index is 11.5. The highest BCUT2D eigenvalue weighted by Gasteiger charge is 2.14. The van der Waals surface area contributed by atoms with Crippen LogP contribution in [0.5, 0.6) is 5.75 Å². The van der Waals surface area contributed by atoms with Crippen LogP contribution in [0.15, 0.2) is 32.7 Å². The van der Waals surface area contributed by atoms with Gasteiger partial charge in [-0.25, -0.2) is 14.6 Å². The molecule has 0 amide bonds. The molecule has 8 nitrogen and oxygen atoms in total. The maximum atomic E-state index is 11.5. The Morgan fingerprint density at radius 2 is 2.16 bits per heavy atom. The van der Waals surface area contributed by atoms with E-state index in [-0.39, 0.29) is 4.91 Å². The highest BCUT2D eigenvalue weighted by Crippen LogP contribution is 2.30. The number of nitrogens with zero attached hydrogens (tertiary/aromatic N) is 2. The molecule has 0 aliphatic carbocycles. The zero-order chi connectivity index (χ0) is 18.4. The van der Waals surface area contributed by atoms with E-state index in [4.69, 9.17) is 9.84 Å². The van der Waals surface area contributed by atoms with Gasteiger partial charge in [0.1, 0.15) is 16.5 Å². The highest BCUT2D eigenvalue weighted by atomic mass is 79.9. The number of aryl methyl sites for hydroxylation is 1. The lowest BCUT2D eigenvalue weighted by Crippen LogP contribution is -2.09. The lowest BCUT2D eigenvalue weighted by Gasteiger charge is -2.07. The van der Waals surface area contributed by atoms with Crippen LogP contribution < -0.4 is 4.74 Å². The minimum atomic E-state index is -1.10. The van der Waals surface area contributed by atoms with Crippen LogP contribution in [0.2, 0.25) is 0 Å². The first-order chi connectivity index (χ1) is 11.9. The van der Waals surface area contributed by atoms with Crippen LogP contribution >= 0.6 is 27.7 Å². The van der Waals surface area contributed by atoms with Crippen molar-refractivity contribution in [1.82, 2.24) is 15.2 Å². The molecule has 0 saturated heterocycles. The molecule has 0 unspecified atom stereocenters. The van der Waals surface area contributed by atoms with Crippen LogP contribution in [0.4, 0.5) is 0 Å². The third-order valence-corrected chi connectivity index (χ3v) is 4.36. The number of ether oxygens (including phenoxy) is 1. The van der Waals surface area contributed by atoms with E-state index in [0.29, 0.717) is 33.2 Å². The minimum Gasteiger partial charge on any atom is -0.481 e. The molecule has 2 aromatic rings. The number of aliphatic carboxylic acids is 2. The number of thioether (sulfide) groups is 1. The average molecular weight is 428 g/mol. The first-order valence-electron chi connectivity index (χ1n) is 7.07.